The summed E-state index contributed by atoms with van der Waals surface area (Å²) in [5.74, 6) is -3.31. The Bertz CT molecular complexity index is 972. The zero-order valence-electron chi connectivity index (χ0n) is 18.7. The van der Waals surface area contributed by atoms with Gasteiger partial charge in [-0.1, -0.05) is 6.42 Å². The summed E-state index contributed by atoms with van der Waals surface area (Å²) < 4.78 is 34.9. The van der Waals surface area contributed by atoms with Crippen LogP contribution in [0, 0.1) is 23.0 Å². The highest BCUT2D eigenvalue weighted by Gasteiger charge is 2.48. The smallest absolute Gasteiger partial charge is 0.407 e. The summed E-state index contributed by atoms with van der Waals surface area (Å²) in [4.78, 5) is 37.3. The van der Waals surface area contributed by atoms with Gasteiger partial charge in [0.15, 0.2) is 0 Å². The zero-order chi connectivity index (χ0) is 23.4. The molecule has 0 bridgehead atoms. The standard InChI is InChI=1S/C24H29F2N3O4/c1-23(28-22(32)33-11-14-9-24(10-14)5-2-6-24)12-29(13-23)15-7-17(25)20(18(26)8-15)16-3-4-19(30)27-21(16)31/h7-8,14,16H,2-6,9-13H2,1H3,(H,28,32)(H,27,30,31). The lowest BCUT2D eigenvalue weighted by Crippen LogP contribution is -2.69. The summed E-state index contributed by atoms with van der Waals surface area (Å²) in [5.41, 5.74) is 0.0204. The molecule has 2 aliphatic heterocycles. The van der Waals surface area contributed by atoms with Crippen molar-refractivity contribution in [3.8, 4) is 0 Å². The minimum absolute atomic E-state index is 0.0465. The van der Waals surface area contributed by atoms with Crippen molar-refractivity contribution in [2.24, 2.45) is 11.3 Å². The van der Waals surface area contributed by atoms with Crippen molar-refractivity contribution >= 4 is 23.6 Å². The van der Waals surface area contributed by atoms with Crippen molar-refractivity contribution in [2.45, 2.75) is 63.3 Å². The highest BCUT2D eigenvalue weighted by Crippen LogP contribution is 2.58. The predicted molar refractivity (Wildman–Crippen MR) is 116 cm³/mol. The summed E-state index contributed by atoms with van der Waals surface area (Å²) in [7, 11) is 0. The van der Waals surface area contributed by atoms with Crippen molar-refractivity contribution in [3.05, 3.63) is 29.3 Å². The molecule has 2 heterocycles. The molecule has 5 rings (SSSR count). The number of nitrogens with one attached hydrogen (secondary N) is 2. The average Bonchev–Trinajstić information content (AvgIpc) is 2.64. The van der Waals surface area contributed by atoms with Gasteiger partial charge in [-0.25, -0.2) is 13.6 Å². The molecular formula is C24H29F2N3O4. The number of hydrogen-bond donors (Lipinski definition) is 2. The number of carbonyl (C=O) groups excluding carboxylic acids is 3. The Morgan fingerprint density at radius 2 is 1.88 bits per heavy atom. The molecule has 178 valence electrons. The van der Waals surface area contributed by atoms with E-state index >= 15 is 0 Å². The molecule has 33 heavy (non-hydrogen) atoms. The molecule has 1 atom stereocenters. The number of hydrogen-bond acceptors (Lipinski definition) is 5. The van der Waals surface area contributed by atoms with Crippen LogP contribution < -0.4 is 15.5 Å². The Labute approximate surface area is 191 Å². The molecule has 0 radical (unpaired) electrons. The van der Waals surface area contributed by atoms with Crippen molar-refractivity contribution in [2.75, 3.05) is 24.6 Å². The number of nitrogens with zero attached hydrogens (tertiary/aromatic N) is 1. The van der Waals surface area contributed by atoms with E-state index in [1.165, 1.54) is 31.4 Å². The largest absolute Gasteiger partial charge is 0.449 e. The fourth-order valence-electron chi connectivity index (χ4n) is 5.96. The van der Waals surface area contributed by atoms with Gasteiger partial charge in [0.1, 0.15) is 11.6 Å². The molecule has 7 nitrogen and oxygen atoms in total. The molecule has 2 N–H and O–H groups in total. The van der Waals surface area contributed by atoms with Crippen LogP contribution in [0.5, 0.6) is 0 Å². The summed E-state index contributed by atoms with van der Waals surface area (Å²) in [6, 6.07) is 2.40. The van der Waals surface area contributed by atoms with Gasteiger partial charge in [-0.15, -0.1) is 0 Å². The van der Waals surface area contributed by atoms with E-state index in [1.807, 2.05) is 6.92 Å². The third-order valence-electron chi connectivity index (χ3n) is 7.81. The number of carbonyl (C=O) groups is 3. The quantitative estimate of drug-likeness (QED) is 0.657. The van der Waals surface area contributed by atoms with Gasteiger partial charge in [0.2, 0.25) is 11.8 Å². The van der Waals surface area contributed by atoms with Crippen molar-refractivity contribution in [1.29, 1.82) is 0 Å². The Morgan fingerprint density at radius 1 is 1.21 bits per heavy atom. The summed E-state index contributed by atoms with van der Waals surface area (Å²) in [5, 5.41) is 5.00. The van der Waals surface area contributed by atoms with Crippen LogP contribution in [0.3, 0.4) is 0 Å². The molecule has 2 aliphatic carbocycles. The molecule has 1 aromatic rings. The molecule has 1 spiro atoms. The summed E-state index contributed by atoms with van der Waals surface area (Å²) in [6.45, 7) is 3.06. The number of amides is 3. The van der Waals surface area contributed by atoms with E-state index in [0.717, 1.165) is 12.8 Å². The van der Waals surface area contributed by atoms with Crippen molar-refractivity contribution in [1.82, 2.24) is 10.6 Å². The first-order valence-electron chi connectivity index (χ1n) is 11.7. The molecule has 0 aromatic heterocycles. The van der Waals surface area contributed by atoms with E-state index < -0.39 is 41.0 Å². The summed E-state index contributed by atoms with van der Waals surface area (Å²) in [6.07, 6.45) is 5.89. The zero-order valence-corrected chi connectivity index (χ0v) is 18.7. The molecule has 9 heteroatoms. The number of rotatable bonds is 5. The molecule has 4 fully saturated rings. The molecule has 2 saturated heterocycles. The lowest BCUT2D eigenvalue weighted by Gasteiger charge is -2.54. The van der Waals surface area contributed by atoms with Gasteiger partial charge in [0.05, 0.1) is 18.1 Å². The normalized spacial score (nSPS) is 25.5. The molecule has 2 saturated carbocycles. The fraction of sp³-hybridized carbons (Fsp3) is 0.625. The Morgan fingerprint density at radius 3 is 2.45 bits per heavy atom. The second kappa shape index (κ2) is 7.95. The second-order valence-corrected chi connectivity index (χ2v) is 10.6. The molecule has 1 unspecified atom stereocenters. The maximum Gasteiger partial charge on any atom is 0.407 e. The fourth-order valence-corrected chi connectivity index (χ4v) is 5.96. The monoisotopic (exact) mass is 461 g/mol. The van der Waals surface area contributed by atoms with Gasteiger partial charge >= 0.3 is 6.09 Å². The van der Waals surface area contributed by atoms with Crippen molar-refractivity contribution < 1.29 is 27.9 Å². The lowest BCUT2D eigenvalue weighted by molar-refractivity contribution is -0.134. The van der Waals surface area contributed by atoms with Gasteiger partial charge in [0.25, 0.3) is 0 Å². The minimum Gasteiger partial charge on any atom is -0.449 e. The maximum atomic E-state index is 14.8. The lowest BCUT2D eigenvalue weighted by atomic mass is 9.52. The number of benzene rings is 1. The first kappa shape index (κ1) is 22.1. The van der Waals surface area contributed by atoms with E-state index in [9.17, 15) is 23.2 Å². The van der Waals surface area contributed by atoms with Crippen LogP contribution in [0.1, 0.15) is 63.4 Å². The highest BCUT2D eigenvalue weighted by atomic mass is 19.1. The maximum absolute atomic E-state index is 14.8. The van der Waals surface area contributed by atoms with Crippen LogP contribution >= 0.6 is 0 Å². The Hall–Kier alpha value is -2.71. The SMILES string of the molecule is CC1(NC(=O)OCC2CC3(CCC3)C2)CN(c2cc(F)c(C3CCC(=O)NC3=O)c(F)c2)C1. The van der Waals surface area contributed by atoms with Crippen LogP contribution in [0.2, 0.25) is 0 Å². The topological polar surface area (TPSA) is 87.7 Å². The van der Waals surface area contributed by atoms with Crippen LogP contribution in [-0.4, -0.2) is 43.1 Å². The number of halogens is 2. The molecular weight excluding hydrogens is 432 g/mol. The Kier molecular flexibility index (Phi) is 5.33. The van der Waals surface area contributed by atoms with E-state index in [4.69, 9.17) is 4.74 Å². The molecule has 1 aromatic carbocycles. The predicted octanol–water partition coefficient (Wildman–Crippen LogP) is 3.37. The van der Waals surface area contributed by atoms with E-state index in [2.05, 4.69) is 10.6 Å². The van der Waals surface area contributed by atoms with Crippen LogP contribution in [0.25, 0.3) is 0 Å². The van der Waals surface area contributed by atoms with Crippen molar-refractivity contribution in [3.63, 3.8) is 0 Å². The number of alkyl carbamates (subject to hydrolysis) is 1. The van der Waals surface area contributed by atoms with Crippen LogP contribution in [0.15, 0.2) is 12.1 Å². The first-order valence-corrected chi connectivity index (χ1v) is 11.7. The van der Waals surface area contributed by atoms with Gasteiger partial charge in [-0.2, -0.15) is 0 Å². The number of piperidine rings is 1. The van der Waals surface area contributed by atoms with Gasteiger partial charge < -0.3 is 15.0 Å². The van der Waals surface area contributed by atoms with Gasteiger partial charge in [0, 0.05) is 30.8 Å². The molecule has 3 amide bonds. The number of ether oxygens (including phenoxy) is 1. The number of imide groups is 1. The Balaban J connectivity index is 1.13. The highest BCUT2D eigenvalue weighted by molar-refractivity contribution is 6.01. The number of anilines is 1. The third kappa shape index (κ3) is 4.17. The van der Waals surface area contributed by atoms with Crippen LogP contribution in [-0.2, 0) is 14.3 Å². The summed E-state index contributed by atoms with van der Waals surface area (Å²) >= 11 is 0. The van der Waals surface area contributed by atoms with E-state index in [0.29, 0.717) is 36.7 Å². The van der Waals surface area contributed by atoms with E-state index in [1.54, 1.807) is 4.90 Å². The van der Waals surface area contributed by atoms with Gasteiger partial charge in [-0.05, 0) is 62.5 Å². The minimum atomic E-state index is -1.02. The van der Waals surface area contributed by atoms with E-state index in [-0.39, 0.29) is 18.4 Å². The average molecular weight is 462 g/mol. The third-order valence-corrected chi connectivity index (χ3v) is 7.81. The van der Waals surface area contributed by atoms with Gasteiger partial charge in [-0.3, -0.25) is 14.9 Å². The van der Waals surface area contributed by atoms with Crippen LogP contribution in [0.4, 0.5) is 19.3 Å². The second-order valence-electron chi connectivity index (χ2n) is 10.6. The first-order chi connectivity index (χ1) is 15.7. The molecule has 4 aliphatic rings.